The van der Waals surface area contributed by atoms with Crippen LogP contribution in [0, 0.1) is 19.8 Å². The zero-order valence-electron chi connectivity index (χ0n) is 19.6. The van der Waals surface area contributed by atoms with Crippen molar-refractivity contribution in [3.05, 3.63) is 71.0 Å². The summed E-state index contributed by atoms with van der Waals surface area (Å²) in [5.41, 5.74) is 4.77. The molecule has 0 saturated carbocycles. The molecule has 1 heterocycles. The van der Waals surface area contributed by atoms with Gasteiger partial charge in [0.15, 0.2) is 11.0 Å². The van der Waals surface area contributed by atoms with Crippen LogP contribution >= 0.6 is 11.8 Å². The highest BCUT2D eigenvalue weighted by molar-refractivity contribution is 7.98. The Balaban J connectivity index is 1.80. The summed E-state index contributed by atoms with van der Waals surface area (Å²) >= 11 is 1.67. The summed E-state index contributed by atoms with van der Waals surface area (Å²) in [5.74, 6) is 1.73. The second-order valence-corrected chi connectivity index (χ2v) is 9.19. The lowest BCUT2D eigenvalue weighted by Crippen LogP contribution is -2.31. The molecular weight excluding hydrogens is 416 g/mol. The number of unbranched alkanes of at least 4 members (excludes halogenated alkanes) is 1. The molecule has 3 rings (SSSR count). The molecule has 1 unspecified atom stereocenters. The van der Waals surface area contributed by atoms with Crippen LogP contribution in [0.1, 0.15) is 62.0 Å². The molecule has 0 aliphatic heterocycles. The first-order chi connectivity index (χ1) is 15.5. The molecule has 6 heteroatoms. The van der Waals surface area contributed by atoms with Gasteiger partial charge in [0, 0.05) is 17.4 Å². The Kier molecular flexibility index (Phi) is 8.91. The third-order valence-corrected chi connectivity index (χ3v) is 6.78. The predicted octanol–water partition coefficient (Wildman–Crippen LogP) is 6.01. The largest absolute Gasteiger partial charge is 0.349 e. The van der Waals surface area contributed by atoms with Gasteiger partial charge in [-0.1, -0.05) is 80.4 Å². The van der Waals surface area contributed by atoms with Crippen LogP contribution in [0.25, 0.3) is 5.69 Å². The number of carbonyl (C=O) groups excluding carboxylic acids is 1. The second kappa shape index (κ2) is 11.9. The van der Waals surface area contributed by atoms with Gasteiger partial charge in [-0.15, -0.1) is 10.2 Å². The van der Waals surface area contributed by atoms with Gasteiger partial charge in [0.1, 0.15) is 0 Å². The zero-order chi connectivity index (χ0) is 22.9. The van der Waals surface area contributed by atoms with E-state index in [1.807, 2.05) is 0 Å². The van der Waals surface area contributed by atoms with E-state index in [0.29, 0.717) is 6.54 Å². The van der Waals surface area contributed by atoms with Crippen LogP contribution in [-0.4, -0.2) is 20.7 Å². The minimum absolute atomic E-state index is 0.0561. The summed E-state index contributed by atoms with van der Waals surface area (Å²) in [6.07, 6.45) is 3.97. The molecule has 0 bridgehead atoms. The first-order valence-electron chi connectivity index (χ1n) is 11.5. The molecule has 1 amide bonds. The molecule has 32 heavy (non-hydrogen) atoms. The smallest absolute Gasteiger partial charge is 0.223 e. The summed E-state index contributed by atoms with van der Waals surface area (Å²) < 4.78 is 2.07. The summed E-state index contributed by atoms with van der Waals surface area (Å²) in [4.78, 5) is 12.7. The molecule has 0 fully saturated rings. The predicted molar refractivity (Wildman–Crippen MR) is 132 cm³/mol. The van der Waals surface area contributed by atoms with E-state index in [-0.39, 0.29) is 11.8 Å². The Bertz CT molecular complexity index is 1010. The number of aromatic nitrogens is 3. The highest BCUT2D eigenvalue weighted by atomic mass is 32.2. The summed E-state index contributed by atoms with van der Waals surface area (Å²) in [7, 11) is 0. The molecule has 0 spiro atoms. The maximum atomic E-state index is 12.7. The third-order valence-electron chi connectivity index (χ3n) is 5.80. The van der Waals surface area contributed by atoms with Crippen LogP contribution < -0.4 is 5.32 Å². The topological polar surface area (TPSA) is 59.8 Å². The van der Waals surface area contributed by atoms with Gasteiger partial charge in [0.05, 0.1) is 6.54 Å². The lowest BCUT2D eigenvalue weighted by atomic mass is 9.98. The molecule has 170 valence electrons. The van der Waals surface area contributed by atoms with E-state index >= 15 is 0 Å². The van der Waals surface area contributed by atoms with Gasteiger partial charge in [0.2, 0.25) is 5.91 Å². The fraction of sp³-hybridized carbons (Fsp3) is 0.423. The minimum Gasteiger partial charge on any atom is -0.349 e. The number of amides is 1. The maximum Gasteiger partial charge on any atom is 0.223 e. The number of nitrogens with one attached hydrogen (secondary N) is 1. The molecule has 1 aromatic heterocycles. The lowest BCUT2D eigenvalue weighted by molar-refractivity contribution is -0.125. The van der Waals surface area contributed by atoms with E-state index in [9.17, 15) is 4.79 Å². The Morgan fingerprint density at radius 1 is 1.06 bits per heavy atom. The standard InChI is InChI=1S/C26H34N4OS/c1-5-7-11-21(6-2)25(31)27-17-24-28-29-26(30(24)23-15-13-19(3)14-16-23)32-18-22-12-9-8-10-20(22)4/h8-10,12-16,21H,5-7,11,17-18H2,1-4H3,(H,27,31). The molecule has 0 aliphatic rings. The van der Waals surface area contributed by atoms with Crippen molar-refractivity contribution in [3.8, 4) is 5.69 Å². The Morgan fingerprint density at radius 2 is 1.81 bits per heavy atom. The van der Waals surface area contributed by atoms with Crippen LogP contribution in [0.4, 0.5) is 0 Å². The average Bonchev–Trinajstić information content (AvgIpc) is 3.21. The van der Waals surface area contributed by atoms with Crippen molar-refractivity contribution in [1.29, 1.82) is 0 Å². The van der Waals surface area contributed by atoms with Crippen molar-refractivity contribution in [3.63, 3.8) is 0 Å². The molecule has 2 aromatic carbocycles. The summed E-state index contributed by atoms with van der Waals surface area (Å²) in [5, 5.41) is 12.9. The first-order valence-corrected chi connectivity index (χ1v) is 12.5. The SMILES string of the molecule is CCCCC(CC)C(=O)NCc1nnc(SCc2ccccc2C)n1-c1ccc(C)cc1. The van der Waals surface area contributed by atoms with E-state index in [4.69, 9.17) is 0 Å². The number of hydrogen-bond donors (Lipinski definition) is 1. The number of hydrogen-bond acceptors (Lipinski definition) is 4. The highest BCUT2D eigenvalue weighted by Crippen LogP contribution is 2.26. The average molecular weight is 451 g/mol. The van der Waals surface area contributed by atoms with E-state index in [1.54, 1.807) is 11.8 Å². The second-order valence-electron chi connectivity index (χ2n) is 8.25. The molecule has 3 aromatic rings. The zero-order valence-corrected chi connectivity index (χ0v) is 20.4. The van der Waals surface area contributed by atoms with E-state index in [0.717, 1.165) is 48.1 Å². The quantitative estimate of drug-likeness (QED) is 0.364. The van der Waals surface area contributed by atoms with Crippen LogP contribution in [0.3, 0.4) is 0 Å². The number of thioether (sulfide) groups is 1. The molecule has 0 radical (unpaired) electrons. The van der Waals surface area contributed by atoms with Gasteiger partial charge in [-0.3, -0.25) is 9.36 Å². The number of carbonyl (C=O) groups is 1. The van der Waals surface area contributed by atoms with E-state index < -0.39 is 0 Å². The lowest BCUT2D eigenvalue weighted by Gasteiger charge is -2.15. The molecule has 0 aliphatic carbocycles. The molecule has 0 saturated heterocycles. The van der Waals surface area contributed by atoms with Crippen LogP contribution in [0.5, 0.6) is 0 Å². The third kappa shape index (κ3) is 6.22. The van der Waals surface area contributed by atoms with Gasteiger partial charge in [-0.05, 0) is 49.9 Å². The van der Waals surface area contributed by atoms with Crippen molar-refractivity contribution < 1.29 is 4.79 Å². The van der Waals surface area contributed by atoms with Crippen molar-refractivity contribution in [1.82, 2.24) is 20.1 Å². The number of nitrogens with zero attached hydrogens (tertiary/aromatic N) is 3. The van der Waals surface area contributed by atoms with Crippen LogP contribution in [-0.2, 0) is 17.1 Å². The van der Waals surface area contributed by atoms with Crippen LogP contribution in [0.15, 0.2) is 53.7 Å². The Morgan fingerprint density at radius 3 is 2.50 bits per heavy atom. The molecule has 1 N–H and O–H groups in total. The summed E-state index contributed by atoms with van der Waals surface area (Å²) in [6, 6.07) is 16.7. The van der Waals surface area contributed by atoms with Gasteiger partial charge in [0.25, 0.3) is 0 Å². The fourth-order valence-corrected chi connectivity index (χ4v) is 4.70. The van der Waals surface area contributed by atoms with Crippen molar-refractivity contribution in [2.75, 3.05) is 0 Å². The van der Waals surface area contributed by atoms with Crippen molar-refractivity contribution in [2.45, 2.75) is 70.8 Å². The van der Waals surface area contributed by atoms with Gasteiger partial charge in [-0.2, -0.15) is 0 Å². The molecule has 1 atom stereocenters. The number of rotatable bonds is 11. The normalized spacial score (nSPS) is 12.0. The fourth-order valence-electron chi connectivity index (χ4n) is 3.66. The summed E-state index contributed by atoms with van der Waals surface area (Å²) in [6.45, 7) is 8.81. The molecular formula is C26H34N4OS. The van der Waals surface area contributed by atoms with E-state index in [2.05, 4.69) is 96.3 Å². The van der Waals surface area contributed by atoms with Crippen molar-refractivity contribution >= 4 is 17.7 Å². The maximum absolute atomic E-state index is 12.7. The Labute approximate surface area is 196 Å². The van der Waals surface area contributed by atoms with Gasteiger partial charge < -0.3 is 5.32 Å². The minimum atomic E-state index is 0.0561. The number of aryl methyl sites for hydroxylation is 2. The first kappa shape index (κ1) is 24.1. The van der Waals surface area contributed by atoms with Gasteiger partial charge in [-0.25, -0.2) is 0 Å². The van der Waals surface area contributed by atoms with Gasteiger partial charge >= 0.3 is 0 Å². The van der Waals surface area contributed by atoms with E-state index in [1.165, 1.54) is 16.7 Å². The van der Waals surface area contributed by atoms with Crippen molar-refractivity contribution in [2.24, 2.45) is 5.92 Å². The number of benzene rings is 2. The van der Waals surface area contributed by atoms with Crippen LogP contribution in [0.2, 0.25) is 0 Å². The Hall–Kier alpha value is -2.60. The highest BCUT2D eigenvalue weighted by Gasteiger charge is 2.19. The monoisotopic (exact) mass is 450 g/mol. The molecule has 5 nitrogen and oxygen atoms in total.